The average Bonchev–Trinajstić information content (AvgIpc) is 3.27. The van der Waals surface area contributed by atoms with Crippen molar-refractivity contribution in [3.05, 3.63) is 75.5 Å². The van der Waals surface area contributed by atoms with E-state index in [4.69, 9.17) is 4.74 Å². The Balaban J connectivity index is 1.42. The van der Waals surface area contributed by atoms with Gasteiger partial charge in [0.1, 0.15) is 12.4 Å². The molecule has 0 radical (unpaired) electrons. The van der Waals surface area contributed by atoms with Gasteiger partial charge in [-0.05, 0) is 54.6 Å². The number of thiazole rings is 1. The molecule has 0 spiro atoms. The molecular formula is C21H18N2O2S2. The summed E-state index contributed by atoms with van der Waals surface area (Å²) in [5.41, 5.74) is 4.16. The zero-order valence-corrected chi connectivity index (χ0v) is 16.6. The Morgan fingerprint density at radius 3 is 2.85 bits per heavy atom. The molecule has 2 heterocycles. The maximum absolute atomic E-state index is 12.5. The van der Waals surface area contributed by atoms with Crippen LogP contribution in [0.2, 0.25) is 0 Å². The van der Waals surface area contributed by atoms with E-state index in [-0.39, 0.29) is 5.91 Å². The van der Waals surface area contributed by atoms with Gasteiger partial charge in [-0.15, -0.1) is 11.3 Å². The van der Waals surface area contributed by atoms with Crippen molar-refractivity contribution in [1.29, 1.82) is 0 Å². The highest BCUT2D eigenvalue weighted by atomic mass is 32.1. The SMILES string of the molecule is Cc1ccc2nc(NC(=O)c3cc(COc4ccccc4C)cs3)sc2c1. The average molecular weight is 395 g/mol. The number of ether oxygens (including phenoxy) is 1. The molecule has 0 aliphatic carbocycles. The lowest BCUT2D eigenvalue weighted by Crippen LogP contribution is -2.09. The highest BCUT2D eigenvalue weighted by Crippen LogP contribution is 2.28. The number of carbonyl (C=O) groups is 1. The predicted octanol–water partition coefficient (Wildman–Crippen LogP) is 5.81. The van der Waals surface area contributed by atoms with Crippen LogP contribution in [-0.2, 0) is 6.61 Å². The third kappa shape index (κ3) is 4.02. The minimum Gasteiger partial charge on any atom is -0.489 e. The van der Waals surface area contributed by atoms with Gasteiger partial charge in [0.15, 0.2) is 5.13 Å². The summed E-state index contributed by atoms with van der Waals surface area (Å²) in [4.78, 5) is 17.7. The molecule has 0 saturated heterocycles. The van der Waals surface area contributed by atoms with Gasteiger partial charge in [0.2, 0.25) is 0 Å². The molecule has 0 aliphatic heterocycles. The molecule has 2 aromatic carbocycles. The number of thiophene rings is 1. The second kappa shape index (κ2) is 7.50. The Morgan fingerprint density at radius 1 is 1.15 bits per heavy atom. The molecule has 2 aromatic heterocycles. The zero-order valence-electron chi connectivity index (χ0n) is 15.0. The Bertz CT molecular complexity index is 1110. The van der Waals surface area contributed by atoms with Crippen molar-refractivity contribution >= 4 is 43.9 Å². The summed E-state index contributed by atoms with van der Waals surface area (Å²) in [6.07, 6.45) is 0. The summed E-state index contributed by atoms with van der Waals surface area (Å²) < 4.78 is 6.92. The van der Waals surface area contributed by atoms with E-state index in [1.165, 1.54) is 28.2 Å². The molecular weight excluding hydrogens is 376 g/mol. The van der Waals surface area contributed by atoms with Crippen LogP contribution in [0, 0.1) is 13.8 Å². The van der Waals surface area contributed by atoms with E-state index in [0.29, 0.717) is 16.6 Å². The van der Waals surface area contributed by atoms with E-state index >= 15 is 0 Å². The molecule has 4 rings (SSSR count). The van der Waals surface area contributed by atoms with Crippen molar-refractivity contribution in [2.75, 3.05) is 5.32 Å². The van der Waals surface area contributed by atoms with E-state index in [0.717, 1.165) is 27.1 Å². The quantitative estimate of drug-likeness (QED) is 0.465. The fourth-order valence-corrected chi connectivity index (χ4v) is 4.44. The molecule has 0 aliphatic rings. The monoisotopic (exact) mass is 394 g/mol. The number of amides is 1. The summed E-state index contributed by atoms with van der Waals surface area (Å²) in [6, 6.07) is 15.8. The molecule has 6 heteroatoms. The number of anilines is 1. The van der Waals surface area contributed by atoms with Gasteiger partial charge in [-0.2, -0.15) is 0 Å². The van der Waals surface area contributed by atoms with Gasteiger partial charge in [0.25, 0.3) is 5.91 Å². The molecule has 0 unspecified atom stereocenters. The van der Waals surface area contributed by atoms with Crippen LogP contribution in [0.3, 0.4) is 0 Å². The molecule has 4 aromatic rings. The van der Waals surface area contributed by atoms with Gasteiger partial charge in [0.05, 0.1) is 15.1 Å². The van der Waals surface area contributed by atoms with Crippen LogP contribution in [0.25, 0.3) is 10.2 Å². The largest absolute Gasteiger partial charge is 0.489 e. The zero-order chi connectivity index (χ0) is 18.8. The fourth-order valence-electron chi connectivity index (χ4n) is 2.69. The number of nitrogens with one attached hydrogen (secondary N) is 1. The minimum absolute atomic E-state index is 0.141. The lowest BCUT2D eigenvalue weighted by Gasteiger charge is -2.07. The second-order valence-corrected chi connectivity index (χ2v) is 8.26. The Morgan fingerprint density at radius 2 is 2.00 bits per heavy atom. The Kier molecular flexibility index (Phi) is 4.92. The van der Waals surface area contributed by atoms with E-state index in [1.807, 2.05) is 61.7 Å². The number of para-hydroxylation sites is 1. The maximum Gasteiger partial charge on any atom is 0.267 e. The fraction of sp³-hybridized carbons (Fsp3) is 0.143. The minimum atomic E-state index is -0.141. The summed E-state index contributed by atoms with van der Waals surface area (Å²) in [5.74, 6) is 0.720. The number of fused-ring (bicyclic) bond motifs is 1. The number of benzene rings is 2. The van der Waals surface area contributed by atoms with Gasteiger partial charge in [-0.1, -0.05) is 35.6 Å². The molecule has 0 bridgehead atoms. The first-order valence-electron chi connectivity index (χ1n) is 8.53. The highest BCUT2D eigenvalue weighted by Gasteiger charge is 2.13. The smallest absolute Gasteiger partial charge is 0.267 e. The standard InChI is InChI=1S/C21H18N2O2S2/c1-13-7-8-16-18(9-13)27-21(22-16)23-20(24)19-10-15(12-26-19)11-25-17-6-4-3-5-14(17)2/h3-10,12H,11H2,1-2H3,(H,22,23,24). The number of nitrogens with zero attached hydrogens (tertiary/aromatic N) is 1. The number of aryl methyl sites for hydroxylation is 2. The third-order valence-corrected chi connectivity index (χ3v) is 6.04. The molecule has 0 saturated carbocycles. The summed E-state index contributed by atoms with van der Waals surface area (Å²) in [6.45, 7) is 4.50. The number of carbonyl (C=O) groups excluding carboxylic acids is 1. The van der Waals surface area contributed by atoms with Crippen molar-refractivity contribution < 1.29 is 9.53 Å². The van der Waals surface area contributed by atoms with E-state index in [2.05, 4.69) is 16.4 Å². The van der Waals surface area contributed by atoms with Crippen molar-refractivity contribution in [1.82, 2.24) is 4.98 Å². The molecule has 1 N–H and O–H groups in total. The Hall–Kier alpha value is -2.70. The third-order valence-electron chi connectivity index (χ3n) is 4.13. The topological polar surface area (TPSA) is 51.2 Å². The first kappa shape index (κ1) is 17.7. The van der Waals surface area contributed by atoms with Crippen LogP contribution in [-0.4, -0.2) is 10.9 Å². The number of hydrogen-bond acceptors (Lipinski definition) is 5. The van der Waals surface area contributed by atoms with Crippen LogP contribution in [0.15, 0.2) is 53.9 Å². The van der Waals surface area contributed by atoms with Crippen LogP contribution in [0.4, 0.5) is 5.13 Å². The molecule has 1 amide bonds. The van der Waals surface area contributed by atoms with Crippen molar-refractivity contribution in [3.63, 3.8) is 0 Å². The summed E-state index contributed by atoms with van der Waals surface area (Å²) in [7, 11) is 0. The maximum atomic E-state index is 12.5. The van der Waals surface area contributed by atoms with E-state index in [1.54, 1.807) is 0 Å². The first-order valence-corrected chi connectivity index (χ1v) is 10.2. The molecule has 27 heavy (non-hydrogen) atoms. The normalized spacial score (nSPS) is 10.9. The van der Waals surface area contributed by atoms with E-state index < -0.39 is 0 Å². The molecule has 0 fully saturated rings. The number of rotatable bonds is 5. The highest BCUT2D eigenvalue weighted by molar-refractivity contribution is 7.22. The second-order valence-electron chi connectivity index (χ2n) is 6.32. The van der Waals surface area contributed by atoms with Crippen LogP contribution in [0.1, 0.15) is 26.4 Å². The Labute approximate surface area is 165 Å². The number of aromatic nitrogens is 1. The van der Waals surface area contributed by atoms with Gasteiger partial charge < -0.3 is 4.74 Å². The molecule has 4 nitrogen and oxygen atoms in total. The molecule has 136 valence electrons. The van der Waals surface area contributed by atoms with Crippen molar-refractivity contribution in [2.45, 2.75) is 20.5 Å². The molecule has 0 atom stereocenters. The van der Waals surface area contributed by atoms with Gasteiger partial charge in [-0.3, -0.25) is 10.1 Å². The summed E-state index contributed by atoms with van der Waals surface area (Å²) >= 11 is 2.90. The van der Waals surface area contributed by atoms with Crippen LogP contribution in [0.5, 0.6) is 5.75 Å². The van der Waals surface area contributed by atoms with E-state index in [9.17, 15) is 4.79 Å². The van der Waals surface area contributed by atoms with Crippen molar-refractivity contribution in [2.24, 2.45) is 0 Å². The first-order chi connectivity index (χ1) is 13.1. The van der Waals surface area contributed by atoms with Crippen LogP contribution < -0.4 is 10.1 Å². The van der Waals surface area contributed by atoms with Gasteiger partial charge in [-0.25, -0.2) is 4.98 Å². The van der Waals surface area contributed by atoms with Crippen LogP contribution >= 0.6 is 22.7 Å². The van der Waals surface area contributed by atoms with Gasteiger partial charge >= 0.3 is 0 Å². The number of hydrogen-bond donors (Lipinski definition) is 1. The lowest BCUT2D eigenvalue weighted by atomic mass is 10.2. The predicted molar refractivity (Wildman–Crippen MR) is 112 cm³/mol. The van der Waals surface area contributed by atoms with Crippen molar-refractivity contribution in [3.8, 4) is 5.75 Å². The summed E-state index contributed by atoms with van der Waals surface area (Å²) in [5, 5.41) is 5.47. The lowest BCUT2D eigenvalue weighted by molar-refractivity contribution is 0.103. The van der Waals surface area contributed by atoms with Gasteiger partial charge in [0, 0.05) is 5.56 Å².